The molecular formula is C8H14FNO2. The van der Waals surface area contributed by atoms with Gasteiger partial charge in [-0.3, -0.25) is 0 Å². The van der Waals surface area contributed by atoms with Crippen molar-refractivity contribution in [2.24, 2.45) is 0 Å². The predicted octanol–water partition coefficient (Wildman–Crippen LogP) is 0.221. The van der Waals surface area contributed by atoms with Gasteiger partial charge in [-0.25, -0.2) is 9.29 Å². The highest BCUT2D eigenvalue weighted by Gasteiger charge is 2.56. The Balaban J connectivity index is 2.25. The van der Waals surface area contributed by atoms with Gasteiger partial charge in [0.15, 0.2) is 0 Å². The minimum atomic E-state index is -1.77. The maximum Gasteiger partial charge on any atom is 0.225 e. The second-order valence-electron chi connectivity index (χ2n) is 4.18. The van der Waals surface area contributed by atoms with Crippen LogP contribution >= 0.6 is 0 Å². The standard InChI is InChI=1S/C8H14FNO2/c1-7-2-3-8(11,12)10(7)5-6(9)4-7/h6,11-12H,2-5H2,1H3/t6?,7-/m0/s1. The van der Waals surface area contributed by atoms with Crippen LogP contribution in [0.1, 0.15) is 26.2 Å². The van der Waals surface area contributed by atoms with E-state index in [2.05, 4.69) is 0 Å². The zero-order chi connectivity index (χ0) is 8.98. The van der Waals surface area contributed by atoms with Gasteiger partial charge in [0.25, 0.3) is 0 Å². The van der Waals surface area contributed by atoms with E-state index in [4.69, 9.17) is 0 Å². The smallest absolute Gasteiger partial charge is 0.225 e. The number of rotatable bonds is 0. The Morgan fingerprint density at radius 1 is 1.42 bits per heavy atom. The quantitative estimate of drug-likeness (QED) is 0.518. The number of fused-ring (bicyclic) bond motifs is 1. The predicted molar refractivity (Wildman–Crippen MR) is 41.0 cm³/mol. The number of hydrogen-bond donors (Lipinski definition) is 2. The second kappa shape index (κ2) is 2.19. The fourth-order valence-electron chi connectivity index (χ4n) is 2.46. The molecule has 0 radical (unpaired) electrons. The largest absolute Gasteiger partial charge is 0.353 e. The molecule has 70 valence electrons. The van der Waals surface area contributed by atoms with Crippen molar-refractivity contribution in [3.8, 4) is 0 Å². The van der Waals surface area contributed by atoms with Crippen molar-refractivity contribution in [2.45, 2.75) is 43.8 Å². The molecule has 0 spiro atoms. The Kier molecular flexibility index (Phi) is 1.53. The molecule has 0 aromatic heterocycles. The van der Waals surface area contributed by atoms with Gasteiger partial charge in [-0.15, -0.1) is 0 Å². The summed E-state index contributed by atoms with van der Waals surface area (Å²) in [7, 11) is 0. The molecule has 12 heavy (non-hydrogen) atoms. The molecule has 2 rings (SSSR count). The van der Waals surface area contributed by atoms with Gasteiger partial charge in [0.05, 0.1) is 0 Å². The minimum absolute atomic E-state index is 0.156. The lowest BCUT2D eigenvalue weighted by atomic mass is 9.96. The fourth-order valence-corrected chi connectivity index (χ4v) is 2.46. The average molecular weight is 175 g/mol. The lowest BCUT2D eigenvalue weighted by Gasteiger charge is -2.32. The minimum Gasteiger partial charge on any atom is -0.353 e. The van der Waals surface area contributed by atoms with E-state index in [9.17, 15) is 14.6 Å². The third-order valence-electron chi connectivity index (χ3n) is 3.12. The lowest BCUT2D eigenvalue weighted by Crippen LogP contribution is -2.49. The van der Waals surface area contributed by atoms with Crippen molar-refractivity contribution >= 4 is 0 Å². The van der Waals surface area contributed by atoms with Gasteiger partial charge in [-0.05, 0) is 19.8 Å². The molecule has 0 bridgehead atoms. The highest BCUT2D eigenvalue weighted by molar-refractivity contribution is 5.04. The maximum atomic E-state index is 13.0. The van der Waals surface area contributed by atoms with Crippen LogP contribution in [0, 0.1) is 0 Å². The van der Waals surface area contributed by atoms with E-state index in [1.807, 2.05) is 6.92 Å². The van der Waals surface area contributed by atoms with E-state index in [1.165, 1.54) is 4.90 Å². The van der Waals surface area contributed by atoms with Gasteiger partial charge in [0.2, 0.25) is 5.91 Å². The first-order valence-corrected chi connectivity index (χ1v) is 4.31. The number of halogens is 1. The number of hydrogen-bond acceptors (Lipinski definition) is 3. The maximum absolute atomic E-state index is 13.0. The normalized spacial score (nSPS) is 46.5. The van der Waals surface area contributed by atoms with Gasteiger partial charge in [-0.1, -0.05) is 0 Å². The highest BCUT2D eigenvalue weighted by atomic mass is 19.1. The van der Waals surface area contributed by atoms with Crippen molar-refractivity contribution in [1.82, 2.24) is 4.90 Å². The third kappa shape index (κ3) is 0.985. The van der Waals surface area contributed by atoms with Crippen LogP contribution in [-0.4, -0.2) is 39.3 Å². The summed E-state index contributed by atoms with van der Waals surface area (Å²) in [6, 6.07) is 0. The van der Waals surface area contributed by atoms with Crippen molar-refractivity contribution in [1.29, 1.82) is 0 Å². The lowest BCUT2D eigenvalue weighted by molar-refractivity contribution is -0.254. The Morgan fingerprint density at radius 2 is 2.08 bits per heavy atom. The molecule has 0 aliphatic carbocycles. The second-order valence-corrected chi connectivity index (χ2v) is 4.18. The number of aliphatic hydroxyl groups is 2. The summed E-state index contributed by atoms with van der Waals surface area (Å²) in [4.78, 5) is 1.48. The van der Waals surface area contributed by atoms with Crippen LogP contribution in [0.5, 0.6) is 0 Å². The Bertz CT molecular complexity index is 209. The SMILES string of the molecule is C[C@@]12CCC(O)(O)N1CC(F)C2. The monoisotopic (exact) mass is 175 g/mol. The molecule has 2 fully saturated rings. The fraction of sp³-hybridized carbons (Fsp3) is 1.00. The van der Waals surface area contributed by atoms with Crippen LogP contribution in [-0.2, 0) is 0 Å². The molecule has 2 heterocycles. The third-order valence-corrected chi connectivity index (χ3v) is 3.12. The van der Waals surface area contributed by atoms with Crippen LogP contribution in [0.3, 0.4) is 0 Å². The molecule has 2 N–H and O–H groups in total. The summed E-state index contributed by atoms with van der Waals surface area (Å²) < 4.78 is 13.0. The summed E-state index contributed by atoms with van der Waals surface area (Å²) in [6.45, 7) is 2.05. The topological polar surface area (TPSA) is 43.7 Å². The first-order valence-electron chi connectivity index (χ1n) is 4.31. The summed E-state index contributed by atoms with van der Waals surface area (Å²) in [5.41, 5.74) is -0.330. The zero-order valence-electron chi connectivity index (χ0n) is 7.13. The van der Waals surface area contributed by atoms with Crippen LogP contribution < -0.4 is 0 Å². The van der Waals surface area contributed by atoms with Crippen molar-refractivity contribution in [2.75, 3.05) is 6.54 Å². The molecule has 1 unspecified atom stereocenters. The van der Waals surface area contributed by atoms with Crippen molar-refractivity contribution in [3.63, 3.8) is 0 Å². The summed E-state index contributed by atoms with van der Waals surface area (Å²) in [5, 5.41) is 18.9. The molecule has 0 amide bonds. The molecular weight excluding hydrogens is 161 g/mol. The van der Waals surface area contributed by atoms with Gasteiger partial charge in [0.1, 0.15) is 6.17 Å². The van der Waals surface area contributed by atoms with Crippen molar-refractivity contribution in [3.05, 3.63) is 0 Å². The van der Waals surface area contributed by atoms with E-state index in [1.54, 1.807) is 0 Å². The number of alkyl halides is 1. The average Bonchev–Trinajstić information content (AvgIpc) is 2.32. The molecule has 2 aliphatic rings. The first kappa shape index (κ1) is 8.41. The van der Waals surface area contributed by atoms with E-state index >= 15 is 0 Å². The van der Waals surface area contributed by atoms with Gasteiger partial charge >= 0.3 is 0 Å². The van der Waals surface area contributed by atoms with E-state index in [0.29, 0.717) is 19.3 Å². The molecule has 0 saturated carbocycles. The first-order chi connectivity index (χ1) is 5.44. The van der Waals surface area contributed by atoms with Gasteiger partial charge < -0.3 is 10.2 Å². The molecule has 4 heteroatoms. The van der Waals surface area contributed by atoms with Gasteiger partial charge in [0, 0.05) is 18.5 Å². The Hall–Kier alpha value is -0.190. The molecule has 2 atom stereocenters. The van der Waals surface area contributed by atoms with E-state index in [-0.39, 0.29) is 12.1 Å². The Morgan fingerprint density at radius 3 is 2.67 bits per heavy atom. The Labute approximate surface area is 70.8 Å². The summed E-state index contributed by atoms with van der Waals surface area (Å²) in [5.74, 6) is -1.77. The van der Waals surface area contributed by atoms with Gasteiger partial charge in [-0.2, -0.15) is 0 Å². The summed E-state index contributed by atoms with van der Waals surface area (Å²) >= 11 is 0. The van der Waals surface area contributed by atoms with Crippen molar-refractivity contribution < 1.29 is 14.6 Å². The number of nitrogens with zero attached hydrogens (tertiary/aromatic N) is 1. The van der Waals surface area contributed by atoms with Crippen LogP contribution in [0.2, 0.25) is 0 Å². The molecule has 3 nitrogen and oxygen atoms in total. The van der Waals surface area contributed by atoms with Crippen LogP contribution in [0.25, 0.3) is 0 Å². The molecule has 2 saturated heterocycles. The highest BCUT2D eigenvalue weighted by Crippen LogP contribution is 2.45. The zero-order valence-corrected chi connectivity index (χ0v) is 7.13. The summed E-state index contributed by atoms with van der Waals surface area (Å²) in [6.07, 6.45) is 0.515. The van der Waals surface area contributed by atoms with E-state index < -0.39 is 12.1 Å². The molecule has 0 aromatic carbocycles. The molecule has 0 aromatic rings. The van der Waals surface area contributed by atoms with Crippen LogP contribution in [0.15, 0.2) is 0 Å². The van der Waals surface area contributed by atoms with E-state index in [0.717, 1.165) is 0 Å². The molecule has 2 aliphatic heterocycles. The van der Waals surface area contributed by atoms with Crippen LogP contribution in [0.4, 0.5) is 4.39 Å².